The van der Waals surface area contributed by atoms with Gasteiger partial charge in [-0.3, -0.25) is 0 Å². The molecule has 2 atom stereocenters. The molecule has 0 bridgehead atoms. The summed E-state index contributed by atoms with van der Waals surface area (Å²) in [5.74, 6) is 0.0544. The van der Waals surface area contributed by atoms with Gasteiger partial charge in [0.05, 0.1) is 0 Å². The number of amides is 1. The highest BCUT2D eigenvalue weighted by atomic mass is 35.5. The third-order valence-corrected chi connectivity index (χ3v) is 3.02. The van der Waals surface area contributed by atoms with E-state index in [0.29, 0.717) is 5.02 Å². The fraction of sp³-hybridized carbons (Fsp3) is 0.462. The van der Waals surface area contributed by atoms with Crippen molar-refractivity contribution in [3.63, 3.8) is 0 Å². The Labute approximate surface area is 112 Å². The topological polar surface area (TPSA) is 61.6 Å². The molecule has 0 saturated heterocycles. The third kappa shape index (κ3) is 3.62. The third-order valence-electron chi connectivity index (χ3n) is 2.67. The fourth-order valence-electron chi connectivity index (χ4n) is 1.83. The first kappa shape index (κ1) is 14.8. The standard InChI is InChI=1S/C13H18ClNO3/c1-8(2)11(18-13(15)16)12(17-3)9-6-4-5-7-10(9)14/h4-8,11-12H,1-3H3,(H2,15,16)/t11-,12-/m1/s1. The lowest BCUT2D eigenvalue weighted by Crippen LogP contribution is -2.33. The SMILES string of the molecule is CO[C@H](c1ccccc1Cl)[C@H](OC(N)=O)C(C)C. The van der Waals surface area contributed by atoms with E-state index in [2.05, 4.69) is 0 Å². The maximum atomic E-state index is 11.0. The number of primary amides is 1. The van der Waals surface area contributed by atoms with Crippen LogP contribution in [-0.2, 0) is 9.47 Å². The number of halogens is 1. The molecular formula is C13H18ClNO3. The highest BCUT2D eigenvalue weighted by Gasteiger charge is 2.30. The maximum absolute atomic E-state index is 11.0. The molecule has 1 rings (SSSR count). The van der Waals surface area contributed by atoms with Crippen molar-refractivity contribution in [2.45, 2.75) is 26.1 Å². The molecule has 1 amide bonds. The van der Waals surface area contributed by atoms with Crippen molar-refractivity contribution in [1.82, 2.24) is 0 Å². The molecule has 2 N–H and O–H groups in total. The number of nitrogens with two attached hydrogens (primary N) is 1. The molecule has 1 aromatic carbocycles. The second-order valence-electron chi connectivity index (χ2n) is 4.32. The molecule has 0 heterocycles. The van der Waals surface area contributed by atoms with E-state index in [1.807, 2.05) is 32.0 Å². The molecule has 0 saturated carbocycles. The minimum Gasteiger partial charge on any atom is -0.443 e. The molecular weight excluding hydrogens is 254 g/mol. The van der Waals surface area contributed by atoms with Gasteiger partial charge in [0.1, 0.15) is 12.2 Å². The summed E-state index contributed by atoms with van der Waals surface area (Å²) in [7, 11) is 1.55. The minimum atomic E-state index is -0.817. The average Bonchev–Trinajstić information content (AvgIpc) is 2.30. The first-order chi connectivity index (χ1) is 8.47. The van der Waals surface area contributed by atoms with E-state index >= 15 is 0 Å². The number of benzene rings is 1. The summed E-state index contributed by atoms with van der Waals surface area (Å²) < 4.78 is 10.6. The van der Waals surface area contributed by atoms with Crippen LogP contribution in [0.15, 0.2) is 24.3 Å². The molecule has 1 aromatic rings. The zero-order chi connectivity index (χ0) is 13.7. The highest BCUT2D eigenvalue weighted by Crippen LogP contribution is 2.32. The van der Waals surface area contributed by atoms with Gasteiger partial charge >= 0.3 is 6.09 Å². The Kier molecular flexibility index (Phi) is 5.44. The second-order valence-corrected chi connectivity index (χ2v) is 4.73. The van der Waals surface area contributed by atoms with Crippen LogP contribution in [0.25, 0.3) is 0 Å². The largest absolute Gasteiger partial charge is 0.443 e. The number of carbonyl (C=O) groups excluding carboxylic acids is 1. The first-order valence-corrected chi connectivity index (χ1v) is 6.08. The lowest BCUT2D eigenvalue weighted by atomic mass is 9.95. The van der Waals surface area contributed by atoms with Crippen molar-refractivity contribution in [3.05, 3.63) is 34.9 Å². The monoisotopic (exact) mass is 271 g/mol. The molecule has 0 aliphatic heterocycles. The van der Waals surface area contributed by atoms with Crippen LogP contribution in [0.4, 0.5) is 4.79 Å². The normalized spacial score (nSPS) is 14.3. The van der Waals surface area contributed by atoms with Gasteiger partial charge in [0.2, 0.25) is 0 Å². The Morgan fingerprint density at radius 1 is 1.33 bits per heavy atom. The van der Waals surface area contributed by atoms with E-state index in [1.165, 1.54) is 0 Å². The summed E-state index contributed by atoms with van der Waals surface area (Å²) in [5.41, 5.74) is 5.87. The Bertz CT molecular complexity index is 409. The molecule has 4 nitrogen and oxygen atoms in total. The Hall–Kier alpha value is -1.26. The van der Waals surface area contributed by atoms with Crippen molar-refractivity contribution in [2.24, 2.45) is 11.7 Å². The number of hydrogen-bond acceptors (Lipinski definition) is 3. The average molecular weight is 272 g/mol. The minimum absolute atomic E-state index is 0.0544. The number of ether oxygens (including phenoxy) is 2. The summed E-state index contributed by atoms with van der Waals surface area (Å²) in [5, 5.41) is 0.572. The van der Waals surface area contributed by atoms with Gasteiger partial charge in [0, 0.05) is 17.7 Å². The number of hydrogen-bond donors (Lipinski definition) is 1. The van der Waals surface area contributed by atoms with E-state index in [9.17, 15) is 4.79 Å². The highest BCUT2D eigenvalue weighted by molar-refractivity contribution is 6.31. The van der Waals surface area contributed by atoms with Crippen molar-refractivity contribution in [3.8, 4) is 0 Å². The van der Waals surface area contributed by atoms with Gasteiger partial charge in [-0.25, -0.2) is 4.79 Å². The van der Waals surface area contributed by atoms with E-state index in [-0.39, 0.29) is 5.92 Å². The first-order valence-electron chi connectivity index (χ1n) is 5.70. The molecule has 0 spiro atoms. The van der Waals surface area contributed by atoms with Gasteiger partial charge in [-0.15, -0.1) is 0 Å². The van der Waals surface area contributed by atoms with Crippen LogP contribution in [0.3, 0.4) is 0 Å². The smallest absolute Gasteiger partial charge is 0.404 e. The van der Waals surface area contributed by atoms with Crippen molar-refractivity contribution >= 4 is 17.7 Å². The van der Waals surface area contributed by atoms with Crippen LogP contribution in [-0.4, -0.2) is 19.3 Å². The number of rotatable bonds is 5. The molecule has 0 aliphatic carbocycles. The van der Waals surface area contributed by atoms with Gasteiger partial charge in [-0.05, 0) is 12.0 Å². The molecule has 0 radical (unpaired) electrons. The molecule has 5 heteroatoms. The predicted molar refractivity (Wildman–Crippen MR) is 70.5 cm³/mol. The predicted octanol–water partition coefficient (Wildman–Crippen LogP) is 3.15. The summed E-state index contributed by atoms with van der Waals surface area (Å²) in [6.45, 7) is 3.85. The van der Waals surface area contributed by atoms with Gasteiger partial charge in [0.15, 0.2) is 0 Å². The molecule has 0 aromatic heterocycles. The van der Waals surface area contributed by atoms with Crippen LogP contribution in [0.1, 0.15) is 25.5 Å². The van der Waals surface area contributed by atoms with Crippen molar-refractivity contribution < 1.29 is 14.3 Å². The summed E-state index contributed by atoms with van der Waals surface area (Å²) in [4.78, 5) is 11.0. The fourth-order valence-corrected chi connectivity index (χ4v) is 2.07. The van der Waals surface area contributed by atoms with Crippen molar-refractivity contribution in [2.75, 3.05) is 7.11 Å². The van der Waals surface area contributed by atoms with Gasteiger partial charge in [0.25, 0.3) is 0 Å². The van der Waals surface area contributed by atoms with Gasteiger partial charge in [-0.1, -0.05) is 43.6 Å². The van der Waals surface area contributed by atoms with Crippen LogP contribution in [0.2, 0.25) is 5.02 Å². The number of methoxy groups -OCH3 is 1. The van der Waals surface area contributed by atoms with Crippen molar-refractivity contribution in [1.29, 1.82) is 0 Å². The zero-order valence-electron chi connectivity index (χ0n) is 10.7. The van der Waals surface area contributed by atoms with Gasteiger partial charge in [-0.2, -0.15) is 0 Å². The second kappa shape index (κ2) is 6.61. The molecule has 18 heavy (non-hydrogen) atoms. The van der Waals surface area contributed by atoms with Crippen LogP contribution in [0.5, 0.6) is 0 Å². The Morgan fingerprint density at radius 3 is 2.39 bits per heavy atom. The molecule has 0 unspecified atom stereocenters. The van der Waals surface area contributed by atoms with E-state index in [0.717, 1.165) is 5.56 Å². The maximum Gasteiger partial charge on any atom is 0.404 e. The lowest BCUT2D eigenvalue weighted by molar-refractivity contribution is -0.0423. The summed E-state index contributed by atoms with van der Waals surface area (Å²) >= 11 is 6.13. The summed E-state index contributed by atoms with van der Waals surface area (Å²) in [6, 6.07) is 7.30. The quantitative estimate of drug-likeness (QED) is 0.895. The van der Waals surface area contributed by atoms with Crippen LogP contribution >= 0.6 is 11.6 Å². The van der Waals surface area contributed by atoms with Gasteiger partial charge < -0.3 is 15.2 Å². The molecule has 0 aliphatic rings. The van der Waals surface area contributed by atoms with E-state index in [1.54, 1.807) is 13.2 Å². The number of carbonyl (C=O) groups is 1. The lowest BCUT2D eigenvalue weighted by Gasteiger charge is -2.29. The van der Waals surface area contributed by atoms with Crippen LogP contribution in [0, 0.1) is 5.92 Å². The van der Waals surface area contributed by atoms with E-state index < -0.39 is 18.3 Å². The Balaban J connectivity index is 3.06. The van der Waals surface area contributed by atoms with E-state index in [4.69, 9.17) is 26.8 Å². The summed E-state index contributed by atoms with van der Waals surface area (Å²) in [6.07, 6.45) is -1.73. The molecule has 0 fully saturated rings. The Morgan fingerprint density at radius 2 is 1.94 bits per heavy atom. The molecule has 100 valence electrons. The zero-order valence-corrected chi connectivity index (χ0v) is 11.5. The van der Waals surface area contributed by atoms with Crippen LogP contribution < -0.4 is 5.73 Å².